The minimum absolute atomic E-state index is 0.0916. The molecular weight excluding hydrogens is 332 g/mol. The van der Waals surface area contributed by atoms with E-state index in [2.05, 4.69) is 15.2 Å². The number of piperidine rings is 1. The first kappa shape index (κ1) is 18.6. The van der Waals surface area contributed by atoms with Crippen molar-refractivity contribution in [2.75, 3.05) is 31.5 Å². The summed E-state index contributed by atoms with van der Waals surface area (Å²) in [6.07, 6.45) is 4.81. The maximum atomic E-state index is 12.6. The zero-order valence-electron chi connectivity index (χ0n) is 15.8. The van der Waals surface area contributed by atoms with Crippen LogP contribution < -0.4 is 5.32 Å². The van der Waals surface area contributed by atoms with E-state index in [-0.39, 0.29) is 5.91 Å². The molecule has 2 fully saturated rings. The van der Waals surface area contributed by atoms with Crippen molar-refractivity contribution in [3.8, 4) is 0 Å². The SMILES string of the molecule is CC(C)(C)OC(=O)Nc1ccnc(C(=O)N2CC(N3CCCCC3)C2)c1. The number of carbonyl (C=O) groups is 2. The standard InChI is InChI=1S/C19H28N4O3/c1-19(2,3)26-18(25)21-14-7-8-20-16(11-14)17(24)23-12-15(13-23)22-9-5-4-6-10-22/h7-8,11,15H,4-6,9-10,12-13H2,1-3H3,(H,20,21,25). The van der Waals surface area contributed by atoms with E-state index in [4.69, 9.17) is 4.74 Å². The smallest absolute Gasteiger partial charge is 0.412 e. The number of hydrogen-bond donors (Lipinski definition) is 1. The summed E-state index contributed by atoms with van der Waals surface area (Å²) in [5.74, 6) is -0.0916. The Morgan fingerprint density at radius 2 is 1.88 bits per heavy atom. The Hall–Kier alpha value is -2.15. The summed E-state index contributed by atoms with van der Waals surface area (Å²) in [4.78, 5) is 33.0. The van der Waals surface area contributed by atoms with Crippen molar-refractivity contribution < 1.29 is 14.3 Å². The summed E-state index contributed by atoms with van der Waals surface area (Å²) in [7, 11) is 0. The molecule has 3 heterocycles. The fourth-order valence-electron chi connectivity index (χ4n) is 3.34. The third-order valence-electron chi connectivity index (χ3n) is 4.68. The van der Waals surface area contributed by atoms with Crippen LogP contribution in [0.15, 0.2) is 18.3 Å². The molecule has 1 aromatic rings. The molecule has 1 N–H and O–H groups in total. The lowest BCUT2D eigenvalue weighted by Crippen LogP contribution is -2.61. The number of nitrogens with one attached hydrogen (secondary N) is 1. The van der Waals surface area contributed by atoms with E-state index >= 15 is 0 Å². The fraction of sp³-hybridized carbons (Fsp3) is 0.632. The van der Waals surface area contributed by atoms with Crippen molar-refractivity contribution in [1.29, 1.82) is 0 Å². The van der Waals surface area contributed by atoms with Crippen LogP contribution in [0, 0.1) is 0 Å². The van der Waals surface area contributed by atoms with E-state index in [0.29, 0.717) is 17.4 Å². The van der Waals surface area contributed by atoms with Crippen LogP contribution in [0.3, 0.4) is 0 Å². The molecule has 2 saturated heterocycles. The number of rotatable bonds is 3. The number of amides is 2. The quantitative estimate of drug-likeness (QED) is 0.897. The molecule has 2 amide bonds. The third kappa shape index (κ3) is 4.72. The largest absolute Gasteiger partial charge is 0.444 e. The predicted octanol–water partition coefficient (Wildman–Crippen LogP) is 2.74. The van der Waals surface area contributed by atoms with Crippen LogP contribution >= 0.6 is 0 Å². The van der Waals surface area contributed by atoms with E-state index < -0.39 is 11.7 Å². The summed E-state index contributed by atoms with van der Waals surface area (Å²) in [6, 6.07) is 3.72. The lowest BCUT2D eigenvalue weighted by atomic mass is 10.0. The number of carbonyl (C=O) groups excluding carboxylic acids is 2. The number of hydrogen-bond acceptors (Lipinski definition) is 5. The molecule has 26 heavy (non-hydrogen) atoms. The topological polar surface area (TPSA) is 74.8 Å². The summed E-state index contributed by atoms with van der Waals surface area (Å²) in [5.41, 5.74) is 0.276. The molecule has 0 atom stereocenters. The monoisotopic (exact) mass is 360 g/mol. The van der Waals surface area contributed by atoms with Gasteiger partial charge in [-0.2, -0.15) is 0 Å². The van der Waals surface area contributed by atoms with Crippen molar-refractivity contribution in [2.45, 2.75) is 51.7 Å². The van der Waals surface area contributed by atoms with Crippen LogP contribution in [0.4, 0.5) is 10.5 Å². The summed E-state index contributed by atoms with van der Waals surface area (Å²) in [5, 5.41) is 2.65. The second-order valence-electron chi connectivity index (χ2n) is 8.02. The van der Waals surface area contributed by atoms with Gasteiger partial charge in [0.1, 0.15) is 11.3 Å². The highest BCUT2D eigenvalue weighted by Crippen LogP contribution is 2.22. The number of ether oxygens (including phenoxy) is 1. The summed E-state index contributed by atoms with van der Waals surface area (Å²) < 4.78 is 5.23. The second-order valence-corrected chi connectivity index (χ2v) is 8.02. The van der Waals surface area contributed by atoms with Crippen molar-refractivity contribution in [1.82, 2.24) is 14.8 Å². The molecule has 0 aromatic carbocycles. The third-order valence-corrected chi connectivity index (χ3v) is 4.68. The maximum absolute atomic E-state index is 12.6. The zero-order chi connectivity index (χ0) is 18.7. The highest BCUT2D eigenvalue weighted by atomic mass is 16.6. The van der Waals surface area contributed by atoms with Crippen molar-refractivity contribution in [3.05, 3.63) is 24.0 Å². The lowest BCUT2D eigenvalue weighted by molar-refractivity contribution is 0.0199. The summed E-state index contributed by atoms with van der Waals surface area (Å²) >= 11 is 0. The lowest BCUT2D eigenvalue weighted by Gasteiger charge is -2.46. The Labute approximate surface area is 154 Å². The second kappa shape index (κ2) is 7.61. The van der Waals surface area contributed by atoms with Gasteiger partial charge in [0.15, 0.2) is 0 Å². The van der Waals surface area contributed by atoms with Gasteiger partial charge in [-0.25, -0.2) is 4.79 Å². The first-order chi connectivity index (χ1) is 12.3. The van der Waals surface area contributed by atoms with Crippen LogP contribution in [0.1, 0.15) is 50.5 Å². The number of anilines is 1. The minimum Gasteiger partial charge on any atom is -0.444 e. The Kier molecular flexibility index (Phi) is 5.46. The molecule has 0 aliphatic carbocycles. The van der Waals surface area contributed by atoms with Gasteiger partial charge in [0.05, 0.1) is 0 Å². The van der Waals surface area contributed by atoms with E-state index in [1.165, 1.54) is 25.5 Å². The van der Waals surface area contributed by atoms with Gasteiger partial charge in [0, 0.05) is 31.0 Å². The van der Waals surface area contributed by atoms with Gasteiger partial charge in [0.2, 0.25) is 0 Å². The minimum atomic E-state index is -0.573. The molecule has 2 aliphatic heterocycles. The molecule has 7 heteroatoms. The Morgan fingerprint density at radius 3 is 2.54 bits per heavy atom. The molecule has 2 aliphatic rings. The van der Waals surface area contributed by atoms with E-state index in [1.807, 2.05) is 4.90 Å². The van der Waals surface area contributed by atoms with Crippen LogP contribution in [0.2, 0.25) is 0 Å². The van der Waals surface area contributed by atoms with Gasteiger partial charge in [-0.1, -0.05) is 6.42 Å². The Bertz CT molecular complexity index is 659. The molecule has 142 valence electrons. The Balaban J connectivity index is 1.55. The van der Waals surface area contributed by atoms with Crippen molar-refractivity contribution in [2.24, 2.45) is 0 Å². The zero-order valence-corrected chi connectivity index (χ0v) is 15.8. The van der Waals surface area contributed by atoms with Gasteiger partial charge in [-0.15, -0.1) is 0 Å². The highest BCUT2D eigenvalue weighted by molar-refractivity contribution is 5.95. The molecule has 3 rings (SSSR count). The average Bonchev–Trinajstić information content (AvgIpc) is 2.52. The van der Waals surface area contributed by atoms with E-state index in [9.17, 15) is 9.59 Å². The fourth-order valence-corrected chi connectivity index (χ4v) is 3.34. The van der Waals surface area contributed by atoms with Crippen LogP contribution in [0.25, 0.3) is 0 Å². The molecular formula is C19H28N4O3. The van der Waals surface area contributed by atoms with Gasteiger partial charge < -0.3 is 9.64 Å². The normalized spacial score (nSPS) is 19.0. The first-order valence-corrected chi connectivity index (χ1v) is 9.31. The first-order valence-electron chi connectivity index (χ1n) is 9.31. The molecule has 7 nitrogen and oxygen atoms in total. The van der Waals surface area contributed by atoms with Crippen LogP contribution in [-0.4, -0.2) is 64.6 Å². The van der Waals surface area contributed by atoms with Gasteiger partial charge in [0.25, 0.3) is 5.91 Å². The number of likely N-dealkylation sites (tertiary alicyclic amines) is 2. The molecule has 0 saturated carbocycles. The Morgan fingerprint density at radius 1 is 1.19 bits per heavy atom. The van der Waals surface area contributed by atoms with Crippen LogP contribution in [0.5, 0.6) is 0 Å². The number of aromatic nitrogens is 1. The van der Waals surface area contributed by atoms with Crippen molar-refractivity contribution in [3.63, 3.8) is 0 Å². The molecule has 1 aromatic heterocycles. The van der Waals surface area contributed by atoms with E-state index in [0.717, 1.165) is 26.2 Å². The van der Waals surface area contributed by atoms with Gasteiger partial charge in [-0.05, 0) is 58.8 Å². The molecule has 0 bridgehead atoms. The van der Waals surface area contributed by atoms with Gasteiger partial charge >= 0.3 is 6.09 Å². The summed E-state index contributed by atoms with van der Waals surface area (Å²) in [6.45, 7) is 9.19. The molecule has 0 radical (unpaired) electrons. The number of pyridine rings is 1. The van der Waals surface area contributed by atoms with Crippen LogP contribution in [-0.2, 0) is 4.74 Å². The maximum Gasteiger partial charge on any atom is 0.412 e. The molecule has 0 spiro atoms. The molecule has 0 unspecified atom stereocenters. The van der Waals surface area contributed by atoms with Crippen molar-refractivity contribution >= 4 is 17.7 Å². The van der Waals surface area contributed by atoms with Gasteiger partial charge in [-0.3, -0.25) is 20.0 Å². The highest BCUT2D eigenvalue weighted by Gasteiger charge is 2.36. The average molecular weight is 360 g/mol. The van der Waals surface area contributed by atoms with E-state index in [1.54, 1.807) is 32.9 Å². The number of nitrogens with zero attached hydrogens (tertiary/aromatic N) is 3. The predicted molar refractivity (Wildman–Crippen MR) is 99.2 cm³/mol.